The van der Waals surface area contributed by atoms with Gasteiger partial charge in [0, 0.05) is 12.1 Å². The van der Waals surface area contributed by atoms with Gasteiger partial charge in [0.25, 0.3) is 0 Å². The van der Waals surface area contributed by atoms with E-state index < -0.39 is 23.6 Å². The van der Waals surface area contributed by atoms with Crippen LogP contribution in [-0.2, 0) is 4.79 Å². The molecule has 2 aromatic rings. The first-order chi connectivity index (χ1) is 10.5. The number of nitrogens with one attached hydrogen (secondary N) is 2. The van der Waals surface area contributed by atoms with Gasteiger partial charge in [0.05, 0.1) is 24.7 Å². The third kappa shape index (κ3) is 3.91. The molecule has 0 aliphatic carbocycles. The molecule has 2 N–H and O–H groups in total. The van der Waals surface area contributed by atoms with E-state index in [9.17, 15) is 13.6 Å². The van der Waals surface area contributed by atoms with Gasteiger partial charge in [-0.1, -0.05) is 0 Å². The van der Waals surface area contributed by atoms with Crippen LogP contribution in [0.4, 0.5) is 20.2 Å². The van der Waals surface area contributed by atoms with Crippen LogP contribution in [0.15, 0.2) is 36.5 Å². The van der Waals surface area contributed by atoms with Crippen molar-refractivity contribution < 1.29 is 18.3 Å². The van der Waals surface area contributed by atoms with Crippen molar-refractivity contribution in [3.05, 3.63) is 48.2 Å². The van der Waals surface area contributed by atoms with Crippen molar-refractivity contribution in [2.24, 2.45) is 0 Å². The molecule has 22 heavy (non-hydrogen) atoms. The molecule has 0 aliphatic rings. The minimum atomic E-state index is -0.701. The molecule has 1 aromatic carbocycles. The number of pyridine rings is 1. The summed E-state index contributed by atoms with van der Waals surface area (Å²) in [6.07, 6.45) is 1.51. The van der Waals surface area contributed by atoms with Gasteiger partial charge in [0.2, 0.25) is 11.8 Å². The molecule has 0 spiro atoms. The summed E-state index contributed by atoms with van der Waals surface area (Å²) in [6.45, 7) is 1.59. The summed E-state index contributed by atoms with van der Waals surface area (Å²) < 4.78 is 31.5. The monoisotopic (exact) mass is 307 g/mol. The minimum Gasteiger partial charge on any atom is -0.481 e. The number of rotatable bonds is 5. The second-order valence-electron chi connectivity index (χ2n) is 4.57. The second kappa shape index (κ2) is 6.84. The largest absolute Gasteiger partial charge is 0.481 e. The summed E-state index contributed by atoms with van der Waals surface area (Å²) in [6, 6.07) is 5.52. The lowest BCUT2D eigenvalue weighted by Crippen LogP contribution is -2.32. The van der Waals surface area contributed by atoms with Crippen LogP contribution in [0.2, 0.25) is 0 Å². The summed E-state index contributed by atoms with van der Waals surface area (Å²) in [7, 11) is 1.50. The Morgan fingerprint density at radius 3 is 2.68 bits per heavy atom. The Labute approximate surface area is 126 Å². The molecular weight excluding hydrogens is 292 g/mol. The van der Waals surface area contributed by atoms with E-state index in [-0.39, 0.29) is 5.69 Å². The molecule has 1 aromatic heterocycles. The predicted octanol–water partition coefficient (Wildman–Crippen LogP) is 2.81. The Morgan fingerprint density at radius 1 is 1.27 bits per heavy atom. The number of aromatic nitrogens is 1. The molecular formula is C15H15F2N3O2. The van der Waals surface area contributed by atoms with Crippen molar-refractivity contribution in [1.29, 1.82) is 0 Å². The van der Waals surface area contributed by atoms with Crippen molar-refractivity contribution in [3.63, 3.8) is 0 Å². The number of ether oxygens (including phenoxy) is 1. The quantitative estimate of drug-likeness (QED) is 0.891. The van der Waals surface area contributed by atoms with E-state index in [0.717, 1.165) is 18.2 Å². The number of hydrogen-bond acceptors (Lipinski definition) is 4. The number of benzene rings is 1. The summed E-state index contributed by atoms with van der Waals surface area (Å²) in [5.74, 6) is -1.38. The first-order valence-corrected chi connectivity index (χ1v) is 6.52. The first-order valence-electron chi connectivity index (χ1n) is 6.52. The highest BCUT2D eigenvalue weighted by molar-refractivity contribution is 5.96. The zero-order valence-corrected chi connectivity index (χ0v) is 12.1. The maximum atomic E-state index is 13.5. The Morgan fingerprint density at radius 2 is 2.05 bits per heavy atom. The molecule has 0 saturated heterocycles. The van der Waals surface area contributed by atoms with Gasteiger partial charge in [0.1, 0.15) is 17.7 Å². The Bertz CT molecular complexity index is 662. The topological polar surface area (TPSA) is 63.2 Å². The third-order valence-electron chi connectivity index (χ3n) is 2.91. The van der Waals surface area contributed by atoms with Crippen LogP contribution in [0.3, 0.4) is 0 Å². The number of carbonyl (C=O) groups is 1. The van der Waals surface area contributed by atoms with E-state index >= 15 is 0 Å². The minimum absolute atomic E-state index is 0.202. The molecule has 0 fully saturated rings. The summed E-state index contributed by atoms with van der Waals surface area (Å²) in [4.78, 5) is 16.0. The number of halogens is 2. The molecule has 0 bridgehead atoms. The Balaban J connectivity index is 2.00. The molecule has 2 rings (SSSR count). The zero-order valence-electron chi connectivity index (χ0n) is 12.1. The lowest BCUT2D eigenvalue weighted by atomic mass is 10.2. The van der Waals surface area contributed by atoms with Crippen LogP contribution >= 0.6 is 0 Å². The fourth-order valence-corrected chi connectivity index (χ4v) is 1.74. The maximum Gasteiger partial charge on any atom is 0.246 e. The standard InChI is InChI=1S/C15H15F2N3O2/c1-9(19-11-4-6-14(22-2)18-8-11)15(21)20-13-7-10(16)3-5-12(13)17/h3-9,19H,1-2H3,(H,20,21). The fraction of sp³-hybridized carbons (Fsp3) is 0.200. The molecule has 116 valence electrons. The summed E-state index contributed by atoms with van der Waals surface area (Å²) >= 11 is 0. The van der Waals surface area contributed by atoms with E-state index in [0.29, 0.717) is 11.6 Å². The molecule has 1 amide bonds. The van der Waals surface area contributed by atoms with E-state index in [4.69, 9.17) is 4.74 Å². The maximum absolute atomic E-state index is 13.5. The van der Waals surface area contributed by atoms with Crippen LogP contribution < -0.4 is 15.4 Å². The number of methoxy groups -OCH3 is 1. The second-order valence-corrected chi connectivity index (χ2v) is 4.57. The van der Waals surface area contributed by atoms with Crippen LogP contribution in [0, 0.1) is 11.6 Å². The molecule has 5 nitrogen and oxygen atoms in total. The van der Waals surface area contributed by atoms with Gasteiger partial charge in [-0.05, 0) is 25.1 Å². The van der Waals surface area contributed by atoms with E-state index in [1.807, 2.05) is 0 Å². The summed E-state index contributed by atoms with van der Waals surface area (Å²) in [5.41, 5.74) is 0.398. The van der Waals surface area contributed by atoms with Crippen molar-refractivity contribution >= 4 is 17.3 Å². The highest BCUT2D eigenvalue weighted by Gasteiger charge is 2.15. The number of amides is 1. The highest BCUT2D eigenvalue weighted by Crippen LogP contribution is 2.16. The smallest absolute Gasteiger partial charge is 0.246 e. The fourth-order valence-electron chi connectivity index (χ4n) is 1.74. The van der Waals surface area contributed by atoms with Crippen molar-refractivity contribution in [2.75, 3.05) is 17.7 Å². The molecule has 1 heterocycles. The Hall–Kier alpha value is -2.70. The van der Waals surface area contributed by atoms with Crippen LogP contribution in [0.5, 0.6) is 5.88 Å². The molecule has 0 saturated carbocycles. The average Bonchev–Trinajstić information content (AvgIpc) is 2.51. The summed E-state index contributed by atoms with van der Waals surface area (Å²) in [5, 5.41) is 5.23. The molecule has 1 unspecified atom stereocenters. The number of nitrogens with zero attached hydrogens (tertiary/aromatic N) is 1. The van der Waals surface area contributed by atoms with E-state index in [1.165, 1.54) is 13.3 Å². The number of carbonyl (C=O) groups excluding carboxylic acids is 1. The molecule has 1 atom stereocenters. The Kier molecular flexibility index (Phi) is 4.88. The lowest BCUT2D eigenvalue weighted by Gasteiger charge is -2.15. The lowest BCUT2D eigenvalue weighted by molar-refractivity contribution is -0.116. The van der Waals surface area contributed by atoms with Gasteiger partial charge >= 0.3 is 0 Å². The van der Waals surface area contributed by atoms with Crippen molar-refractivity contribution in [2.45, 2.75) is 13.0 Å². The van der Waals surface area contributed by atoms with E-state index in [1.54, 1.807) is 19.1 Å². The number of hydrogen-bond donors (Lipinski definition) is 2. The number of anilines is 2. The van der Waals surface area contributed by atoms with Crippen LogP contribution in [0.1, 0.15) is 6.92 Å². The third-order valence-corrected chi connectivity index (χ3v) is 2.91. The first kappa shape index (κ1) is 15.7. The van der Waals surface area contributed by atoms with Gasteiger partial charge in [-0.25, -0.2) is 13.8 Å². The van der Waals surface area contributed by atoms with Gasteiger partial charge in [0.15, 0.2) is 0 Å². The highest BCUT2D eigenvalue weighted by atomic mass is 19.1. The normalized spacial score (nSPS) is 11.6. The van der Waals surface area contributed by atoms with Crippen LogP contribution in [0.25, 0.3) is 0 Å². The van der Waals surface area contributed by atoms with Gasteiger partial charge in [-0.15, -0.1) is 0 Å². The predicted molar refractivity (Wildman–Crippen MR) is 78.9 cm³/mol. The molecule has 7 heteroatoms. The van der Waals surface area contributed by atoms with Crippen LogP contribution in [-0.4, -0.2) is 24.0 Å². The van der Waals surface area contributed by atoms with Gasteiger partial charge in [-0.3, -0.25) is 4.79 Å². The van der Waals surface area contributed by atoms with Gasteiger partial charge in [-0.2, -0.15) is 0 Å². The molecule has 0 aliphatic heterocycles. The SMILES string of the molecule is COc1ccc(NC(C)C(=O)Nc2cc(F)ccc2F)cn1. The van der Waals surface area contributed by atoms with E-state index in [2.05, 4.69) is 15.6 Å². The van der Waals surface area contributed by atoms with Crippen molar-refractivity contribution in [1.82, 2.24) is 4.98 Å². The zero-order chi connectivity index (χ0) is 16.1. The van der Waals surface area contributed by atoms with Crippen molar-refractivity contribution in [3.8, 4) is 5.88 Å². The average molecular weight is 307 g/mol. The molecule has 0 radical (unpaired) electrons. The van der Waals surface area contributed by atoms with Gasteiger partial charge < -0.3 is 15.4 Å².